The number of nitrogens with zero attached hydrogens (tertiary/aromatic N) is 2. The van der Waals surface area contributed by atoms with Gasteiger partial charge in [-0.15, -0.1) is 11.3 Å². The molecule has 1 N–H and O–H groups in total. The van der Waals surface area contributed by atoms with Crippen molar-refractivity contribution >= 4 is 16.9 Å². The van der Waals surface area contributed by atoms with E-state index in [0.29, 0.717) is 5.92 Å². The van der Waals surface area contributed by atoms with Crippen molar-refractivity contribution in [3.8, 4) is 0 Å². The molecular formula is C20H24N2OS. The fraction of sp³-hybridized carbons (Fsp3) is 0.450. The van der Waals surface area contributed by atoms with Crippen molar-refractivity contribution in [2.24, 2.45) is 0 Å². The Bertz CT molecular complexity index is 738. The molecule has 0 saturated carbocycles. The highest BCUT2D eigenvalue weighted by Gasteiger charge is 2.28. The van der Waals surface area contributed by atoms with Gasteiger partial charge in [0.25, 0.3) is 0 Å². The van der Waals surface area contributed by atoms with E-state index in [-0.39, 0.29) is 6.10 Å². The first-order chi connectivity index (χ1) is 11.7. The van der Waals surface area contributed by atoms with Crippen LogP contribution in [0.3, 0.4) is 0 Å². The minimum absolute atomic E-state index is 0.131. The van der Waals surface area contributed by atoms with Crippen molar-refractivity contribution < 1.29 is 5.11 Å². The number of thiazole rings is 1. The molecule has 0 amide bonds. The Morgan fingerprint density at radius 2 is 2.25 bits per heavy atom. The van der Waals surface area contributed by atoms with E-state index in [9.17, 15) is 5.11 Å². The van der Waals surface area contributed by atoms with Gasteiger partial charge in [-0.1, -0.05) is 36.8 Å². The molecule has 1 fully saturated rings. The Morgan fingerprint density at radius 3 is 3.00 bits per heavy atom. The number of aliphatic hydroxyl groups is 1. The van der Waals surface area contributed by atoms with Gasteiger partial charge in [0, 0.05) is 37.1 Å². The molecule has 0 bridgehead atoms. The smallest absolute Gasteiger partial charge is 0.0997 e. The zero-order valence-corrected chi connectivity index (χ0v) is 14.9. The molecule has 0 radical (unpaired) electrons. The maximum Gasteiger partial charge on any atom is 0.0997 e. The van der Waals surface area contributed by atoms with Crippen molar-refractivity contribution in [2.45, 2.75) is 38.2 Å². The second-order valence-corrected chi connectivity index (χ2v) is 7.86. The first-order valence-electron chi connectivity index (χ1n) is 8.82. The number of hydrogen-bond acceptors (Lipinski definition) is 4. The number of β-amino-alcohol motifs (C(OH)–C–C–N with tert-alkyl or cyclic N) is 1. The summed E-state index contributed by atoms with van der Waals surface area (Å²) in [4.78, 5) is 6.95. The average molecular weight is 340 g/mol. The molecule has 2 aromatic rings. The Hall–Kier alpha value is -1.49. The first-order valence-corrected chi connectivity index (χ1v) is 9.70. The monoisotopic (exact) mass is 340 g/mol. The summed E-state index contributed by atoms with van der Waals surface area (Å²) in [6.45, 7) is 5.20. The van der Waals surface area contributed by atoms with E-state index in [2.05, 4.69) is 46.5 Å². The molecular weight excluding hydrogens is 316 g/mol. The lowest BCUT2D eigenvalue weighted by atomic mass is 9.93. The summed E-state index contributed by atoms with van der Waals surface area (Å²) < 4.78 is 0. The Labute approximate surface area is 147 Å². The second kappa shape index (κ2) is 6.79. The van der Waals surface area contributed by atoms with Crippen molar-refractivity contribution in [2.75, 3.05) is 19.6 Å². The van der Waals surface area contributed by atoms with Gasteiger partial charge >= 0.3 is 0 Å². The molecule has 4 heteroatoms. The summed E-state index contributed by atoms with van der Waals surface area (Å²) in [5.41, 5.74) is 5.91. The molecule has 24 heavy (non-hydrogen) atoms. The van der Waals surface area contributed by atoms with Crippen LogP contribution in [0.4, 0.5) is 0 Å². The van der Waals surface area contributed by atoms with Gasteiger partial charge in [0.15, 0.2) is 0 Å². The zero-order chi connectivity index (χ0) is 16.5. The molecule has 3 nitrogen and oxygen atoms in total. The van der Waals surface area contributed by atoms with Gasteiger partial charge in [-0.2, -0.15) is 0 Å². The highest BCUT2D eigenvalue weighted by Crippen LogP contribution is 2.43. The fourth-order valence-corrected chi connectivity index (χ4v) is 4.80. The average Bonchev–Trinajstić information content (AvgIpc) is 3.31. The Morgan fingerprint density at radius 1 is 1.38 bits per heavy atom. The van der Waals surface area contributed by atoms with Gasteiger partial charge in [-0.05, 0) is 36.0 Å². The molecule has 1 aromatic heterocycles. The lowest BCUT2D eigenvalue weighted by molar-refractivity contribution is 0.177. The maximum absolute atomic E-state index is 9.74. The quantitative estimate of drug-likeness (QED) is 0.901. The number of aromatic nitrogens is 1. The van der Waals surface area contributed by atoms with Crippen LogP contribution in [0.1, 0.15) is 41.8 Å². The van der Waals surface area contributed by atoms with Crippen LogP contribution in [0, 0.1) is 0 Å². The van der Waals surface area contributed by atoms with Crippen molar-refractivity contribution in [1.82, 2.24) is 9.88 Å². The number of hydrogen-bond donors (Lipinski definition) is 1. The highest BCUT2D eigenvalue weighted by atomic mass is 32.1. The molecule has 1 aliphatic heterocycles. The second-order valence-electron chi connectivity index (χ2n) is 6.94. The number of allylic oxidation sites excluding steroid dienone is 1. The molecule has 2 unspecified atom stereocenters. The van der Waals surface area contributed by atoms with Crippen molar-refractivity contribution in [3.63, 3.8) is 0 Å². The number of benzene rings is 1. The minimum Gasteiger partial charge on any atom is -0.392 e. The molecule has 1 aromatic carbocycles. The molecule has 2 aliphatic rings. The summed E-state index contributed by atoms with van der Waals surface area (Å²) >= 11 is 1.75. The standard InChI is InChI=1S/C20H24N2OS/c1-14(20-21-8-11-24-20)19-16(6-9-22-10-7-17(23)13-22)12-15-4-2-3-5-18(15)19/h2-5,8,11,14,17,23H,6-7,9-10,12-13H2,1H3. The third kappa shape index (κ3) is 3.06. The van der Waals surface area contributed by atoms with Crippen molar-refractivity contribution in [3.05, 3.63) is 57.6 Å². The topological polar surface area (TPSA) is 36.4 Å². The number of likely N-dealkylation sites (tertiary alicyclic amines) is 1. The van der Waals surface area contributed by atoms with Crippen LogP contribution >= 0.6 is 11.3 Å². The zero-order valence-electron chi connectivity index (χ0n) is 14.1. The fourth-order valence-electron chi connectivity index (χ4n) is 4.10. The summed E-state index contributed by atoms with van der Waals surface area (Å²) in [7, 11) is 0. The molecule has 1 aliphatic carbocycles. The van der Waals surface area contributed by atoms with Gasteiger partial charge in [-0.3, -0.25) is 0 Å². The molecule has 0 spiro atoms. The van der Waals surface area contributed by atoms with Crippen LogP contribution < -0.4 is 0 Å². The molecule has 2 heterocycles. The van der Waals surface area contributed by atoms with E-state index in [4.69, 9.17) is 0 Å². The first kappa shape index (κ1) is 16.0. The third-order valence-corrected chi connectivity index (χ3v) is 6.28. The van der Waals surface area contributed by atoms with E-state index in [0.717, 1.165) is 38.9 Å². The van der Waals surface area contributed by atoms with Gasteiger partial charge in [0.1, 0.15) is 0 Å². The maximum atomic E-state index is 9.74. The van der Waals surface area contributed by atoms with Crippen LogP contribution in [-0.2, 0) is 6.42 Å². The highest BCUT2D eigenvalue weighted by molar-refractivity contribution is 7.09. The summed E-state index contributed by atoms with van der Waals surface area (Å²) in [5.74, 6) is 0.354. The minimum atomic E-state index is -0.131. The van der Waals surface area contributed by atoms with E-state index < -0.39 is 0 Å². The molecule has 126 valence electrons. The van der Waals surface area contributed by atoms with Crippen LogP contribution in [0.2, 0.25) is 0 Å². The van der Waals surface area contributed by atoms with E-state index >= 15 is 0 Å². The molecule has 1 saturated heterocycles. The van der Waals surface area contributed by atoms with Crippen LogP contribution in [-0.4, -0.2) is 40.7 Å². The van der Waals surface area contributed by atoms with Crippen LogP contribution in [0.5, 0.6) is 0 Å². The largest absolute Gasteiger partial charge is 0.392 e. The molecule has 2 atom stereocenters. The van der Waals surface area contributed by atoms with Gasteiger partial charge < -0.3 is 10.0 Å². The van der Waals surface area contributed by atoms with E-state index in [1.165, 1.54) is 21.7 Å². The summed E-state index contributed by atoms with van der Waals surface area (Å²) in [5, 5.41) is 13.0. The normalized spacial score (nSPS) is 22.2. The third-order valence-electron chi connectivity index (χ3n) is 5.32. The van der Waals surface area contributed by atoms with Crippen LogP contribution in [0.25, 0.3) is 5.57 Å². The lowest BCUT2D eigenvalue weighted by Gasteiger charge is -2.18. The summed E-state index contributed by atoms with van der Waals surface area (Å²) in [6.07, 6.45) is 4.85. The predicted octanol–water partition coefficient (Wildman–Crippen LogP) is 3.71. The van der Waals surface area contributed by atoms with Gasteiger partial charge in [0.05, 0.1) is 11.1 Å². The van der Waals surface area contributed by atoms with Gasteiger partial charge in [-0.25, -0.2) is 4.98 Å². The van der Waals surface area contributed by atoms with E-state index in [1.807, 2.05) is 6.20 Å². The Balaban J connectivity index is 1.59. The SMILES string of the molecule is CC(C1=C(CCN2CCC(O)C2)Cc2ccccc21)c1nccs1. The van der Waals surface area contributed by atoms with Gasteiger partial charge in [0.2, 0.25) is 0 Å². The number of rotatable bonds is 5. The van der Waals surface area contributed by atoms with Crippen LogP contribution in [0.15, 0.2) is 41.4 Å². The number of aliphatic hydroxyl groups excluding tert-OH is 1. The van der Waals surface area contributed by atoms with Crippen molar-refractivity contribution in [1.29, 1.82) is 0 Å². The Kier molecular flexibility index (Phi) is 4.53. The predicted molar refractivity (Wildman–Crippen MR) is 99.3 cm³/mol. The van der Waals surface area contributed by atoms with E-state index in [1.54, 1.807) is 16.9 Å². The number of fused-ring (bicyclic) bond motifs is 1. The summed E-state index contributed by atoms with van der Waals surface area (Å²) in [6, 6.07) is 8.81. The molecule has 4 rings (SSSR count). The lowest BCUT2D eigenvalue weighted by Crippen LogP contribution is -2.23.